The first-order chi connectivity index (χ1) is 14.6. The van der Waals surface area contributed by atoms with Gasteiger partial charge in [-0.25, -0.2) is 0 Å². The lowest BCUT2D eigenvalue weighted by Gasteiger charge is -2.33. The van der Waals surface area contributed by atoms with Crippen molar-refractivity contribution in [3.63, 3.8) is 0 Å². The lowest BCUT2D eigenvalue weighted by molar-refractivity contribution is -0.139. The molecule has 2 aliphatic rings. The molecule has 30 heavy (non-hydrogen) atoms. The second-order valence-electron chi connectivity index (χ2n) is 7.91. The number of carbonyl (C=O) groups excluding carboxylic acids is 3. The lowest BCUT2D eigenvalue weighted by atomic mass is 9.94. The third kappa shape index (κ3) is 4.50. The molecule has 2 saturated heterocycles. The summed E-state index contributed by atoms with van der Waals surface area (Å²) in [6.07, 6.45) is 4.96. The molecule has 2 fully saturated rings. The van der Waals surface area contributed by atoms with Crippen LogP contribution in [-0.4, -0.2) is 47.2 Å². The number of pyridine rings is 1. The van der Waals surface area contributed by atoms with Gasteiger partial charge in [-0.3, -0.25) is 19.4 Å². The fourth-order valence-electron chi connectivity index (χ4n) is 4.18. The Bertz CT molecular complexity index is 895. The van der Waals surface area contributed by atoms with Crippen LogP contribution in [-0.2, 0) is 20.9 Å². The van der Waals surface area contributed by atoms with E-state index in [1.807, 2.05) is 47.4 Å². The topological polar surface area (TPSA) is 82.6 Å². The van der Waals surface area contributed by atoms with Crippen LogP contribution in [0.4, 0.5) is 5.69 Å². The standard InChI is InChI=1S/C23H26N4O3/c28-21-14-19(16-27(21)20-4-2-1-3-5-20)23(30)26-12-8-18(9-13-26)22(29)25-15-17-6-10-24-11-7-17/h1-7,10-11,18-19H,8-9,12-16H2,(H,25,29)/t19-/m1/s1. The second-order valence-corrected chi connectivity index (χ2v) is 7.91. The van der Waals surface area contributed by atoms with E-state index in [-0.39, 0.29) is 36.0 Å². The second kappa shape index (κ2) is 9.07. The van der Waals surface area contributed by atoms with Crippen LogP contribution in [0.3, 0.4) is 0 Å². The molecule has 1 atom stereocenters. The highest BCUT2D eigenvalue weighted by Crippen LogP contribution is 2.27. The number of nitrogens with zero attached hydrogens (tertiary/aromatic N) is 3. The van der Waals surface area contributed by atoms with E-state index in [0.717, 1.165) is 11.3 Å². The zero-order valence-electron chi connectivity index (χ0n) is 16.9. The number of amides is 3. The number of hydrogen-bond donors (Lipinski definition) is 1. The Kier molecular flexibility index (Phi) is 6.07. The Labute approximate surface area is 176 Å². The maximum absolute atomic E-state index is 13.0. The molecule has 0 spiro atoms. The van der Waals surface area contributed by atoms with Gasteiger partial charge in [-0.05, 0) is 42.7 Å². The Morgan fingerprint density at radius 1 is 1.00 bits per heavy atom. The van der Waals surface area contributed by atoms with E-state index >= 15 is 0 Å². The number of likely N-dealkylation sites (tertiary alicyclic amines) is 1. The van der Waals surface area contributed by atoms with E-state index in [1.54, 1.807) is 17.3 Å². The lowest BCUT2D eigenvalue weighted by Crippen LogP contribution is -2.45. The fraction of sp³-hybridized carbons (Fsp3) is 0.391. The maximum Gasteiger partial charge on any atom is 0.228 e. The summed E-state index contributed by atoms with van der Waals surface area (Å²) in [4.78, 5) is 45.3. The number of carbonyl (C=O) groups is 3. The molecule has 0 aliphatic carbocycles. The summed E-state index contributed by atoms with van der Waals surface area (Å²) in [5.74, 6) is -0.343. The first-order valence-electron chi connectivity index (χ1n) is 10.4. The number of aromatic nitrogens is 1. The van der Waals surface area contributed by atoms with Crippen LogP contribution >= 0.6 is 0 Å². The summed E-state index contributed by atoms with van der Waals surface area (Å²) < 4.78 is 0. The molecule has 7 heteroatoms. The van der Waals surface area contributed by atoms with Gasteiger partial charge in [0, 0.05) is 56.6 Å². The van der Waals surface area contributed by atoms with E-state index in [4.69, 9.17) is 0 Å². The van der Waals surface area contributed by atoms with Crippen molar-refractivity contribution in [3.05, 3.63) is 60.4 Å². The summed E-state index contributed by atoms with van der Waals surface area (Å²) in [7, 11) is 0. The molecule has 0 unspecified atom stereocenters. The average molecular weight is 406 g/mol. The molecule has 0 saturated carbocycles. The number of benzene rings is 1. The van der Waals surface area contributed by atoms with E-state index in [1.165, 1.54) is 0 Å². The fourth-order valence-corrected chi connectivity index (χ4v) is 4.18. The van der Waals surface area contributed by atoms with E-state index in [2.05, 4.69) is 10.3 Å². The number of nitrogens with one attached hydrogen (secondary N) is 1. The first kappa shape index (κ1) is 20.1. The summed E-state index contributed by atoms with van der Waals surface area (Å²) >= 11 is 0. The molecule has 156 valence electrons. The smallest absolute Gasteiger partial charge is 0.228 e. The van der Waals surface area contributed by atoms with Crippen LogP contribution in [0.15, 0.2) is 54.9 Å². The van der Waals surface area contributed by atoms with Crippen LogP contribution in [0.2, 0.25) is 0 Å². The average Bonchev–Trinajstić information content (AvgIpc) is 3.20. The Morgan fingerprint density at radius 3 is 2.40 bits per heavy atom. The van der Waals surface area contributed by atoms with Crippen molar-refractivity contribution < 1.29 is 14.4 Å². The first-order valence-corrected chi connectivity index (χ1v) is 10.4. The molecule has 2 aliphatic heterocycles. The van der Waals surface area contributed by atoms with E-state index < -0.39 is 0 Å². The highest BCUT2D eigenvalue weighted by molar-refractivity contribution is 6.00. The van der Waals surface area contributed by atoms with Crippen molar-refractivity contribution in [2.24, 2.45) is 11.8 Å². The molecule has 3 amide bonds. The van der Waals surface area contributed by atoms with Crippen LogP contribution < -0.4 is 10.2 Å². The van der Waals surface area contributed by atoms with Gasteiger partial charge in [-0.1, -0.05) is 18.2 Å². The van der Waals surface area contributed by atoms with Gasteiger partial charge in [0.05, 0.1) is 5.92 Å². The third-order valence-corrected chi connectivity index (χ3v) is 5.94. The van der Waals surface area contributed by atoms with Gasteiger partial charge in [-0.15, -0.1) is 0 Å². The summed E-state index contributed by atoms with van der Waals surface area (Å²) in [6, 6.07) is 13.2. The number of hydrogen-bond acceptors (Lipinski definition) is 4. The van der Waals surface area contributed by atoms with Crippen molar-refractivity contribution in [1.29, 1.82) is 0 Å². The SMILES string of the molecule is O=C(NCc1ccncc1)C1CCN(C(=O)[C@@H]2CC(=O)N(c3ccccc3)C2)CC1. The molecule has 0 radical (unpaired) electrons. The third-order valence-electron chi connectivity index (χ3n) is 5.94. The van der Waals surface area contributed by atoms with Crippen molar-refractivity contribution in [1.82, 2.24) is 15.2 Å². The predicted octanol–water partition coefficient (Wildman–Crippen LogP) is 1.99. The minimum Gasteiger partial charge on any atom is -0.352 e. The van der Waals surface area contributed by atoms with Crippen LogP contribution in [0.5, 0.6) is 0 Å². The van der Waals surface area contributed by atoms with Gasteiger partial charge >= 0.3 is 0 Å². The van der Waals surface area contributed by atoms with Crippen LogP contribution in [0.25, 0.3) is 0 Å². The van der Waals surface area contributed by atoms with E-state index in [9.17, 15) is 14.4 Å². The van der Waals surface area contributed by atoms with Gasteiger partial charge in [0.15, 0.2) is 0 Å². The zero-order chi connectivity index (χ0) is 20.9. The number of anilines is 1. The van der Waals surface area contributed by atoms with Gasteiger partial charge in [0.2, 0.25) is 17.7 Å². The Balaban J connectivity index is 1.26. The molecular formula is C23H26N4O3. The van der Waals surface area contributed by atoms with Crippen molar-refractivity contribution in [3.8, 4) is 0 Å². The molecule has 1 aromatic heterocycles. The quantitative estimate of drug-likeness (QED) is 0.823. The Hall–Kier alpha value is -3.22. The van der Waals surface area contributed by atoms with Gasteiger partial charge in [0.25, 0.3) is 0 Å². The monoisotopic (exact) mass is 406 g/mol. The van der Waals surface area contributed by atoms with Gasteiger partial charge in [-0.2, -0.15) is 0 Å². The molecule has 0 bridgehead atoms. The van der Waals surface area contributed by atoms with Gasteiger partial charge < -0.3 is 15.1 Å². The molecule has 4 rings (SSSR count). The number of piperidine rings is 1. The molecule has 2 aromatic rings. The largest absolute Gasteiger partial charge is 0.352 e. The van der Waals surface area contributed by atoms with Crippen molar-refractivity contribution >= 4 is 23.4 Å². The zero-order valence-corrected chi connectivity index (χ0v) is 16.9. The summed E-state index contributed by atoms with van der Waals surface area (Å²) in [5.41, 5.74) is 1.85. The minimum absolute atomic E-state index is 0.00933. The molecule has 7 nitrogen and oxygen atoms in total. The van der Waals surface area contributed by atoms with Crippen molar-refractivity contribution in [2.75, 3.05) is 24.5 Å². The normalized spacial score (nSPS) is 19.7. The van der Waals surface area contributed by atoms with Crippen LogP contribution in [0.1, 0.15) is 24.8 Å². The molecular weight excluding hydrogens is 380 g/mol. The predicted molar refractivity (Wildman–Crippen MR) is 112 cm³/mol. The summed E-state index contributed by atoms with van der Waals surface area (Å²) in [5, 5.41) is 2.98. The number of rotatable bonds is 5. The maximum atomic E-state index is 13.0. The van der Waals surface area contributed by atoms with E-state index in [0.29, 0.717) is 39.0 Å². The van der Waals surface area contributed by atoms with Crippen LogP contribution in [0, 0.1) is 11.8 Å². The van der Waals surface area contributed by atoms with Crippen molar-refractivity contribution in [2.45, 2.75) is 25.8 Å². The molecule has 3 heterocycles. The minimum atomic E-state index is -0.310. The Morgan fingerprint density at radius 2 is 1.70 bits per heavy atom. The highest BCUT2D eigenvalue weighted by Gasteiger charge is 2.38. The molecule has 1 N–H and O–H groups in total. The van der Waals surface area contributed by atoms with Gasteiger partial charge in [0.1, 0.15) is 0 Å². The summed E-state index contributed by atoms with van der Waals surface area (Å²) in [6.45, 7) is 2.03. The number of para-hydroxylation sites is 1. The molecule has 1 aromatic carbocycles. The highest BCUT2D eigenvalue weighted by atomic mass is 16.2.